The first-order valence-corrected chi connectivity index (χ1v) is 9.03. The van der Waals surface area contributed by atoms with Crippen LogP contribution in [0.15, 0.2) is 48.5 Å². The molecule has 27 heavy (non-hydrogen) atoms. The molecule has 1 atom stereocenters. The first-order chi connectivity index (χ1) is 12.8. The highest BCUT2D eigenvalue weighted by Gasteiger charge is 2.31. The van der Waals surface area contributed by atoms with Crippen molar-refractivity contribution < 1.29 is 22.7 Å². The summed E-state index contributed by atoms with van der Waals surface area (Å²) < 4.78 is 43.9. The lowest BCUT2D eigenvalue weighted by Gasteiger charge is -2.32. The number of hydrogen-bond donors (Lipinski definition) is 0. The Morgan fingerprint density at radius 3 is 2.59 bits per heavy atom. The quantitative estimate of drug-likeness (QED) is 0.711. The maximum atomic E-state index is 12.7. The standard InChI is InChI=1S/C20H19ClF3NO2/c21-17-4-1-3-14(11-17)13-27-18-5-2-10-25(12-18)19(26)15-6-8-16(9-7-15)20(22,23)24/h1,3-4,6-9,11,18H,2,5,10,12-13H2. The van der Waals surface area contributed by atoms with E-state index in [0.717, 1.165) is 30.5 Å². The molecule has 0 N–H and O–H groups in total. The third kappa shape index (κ3) is 5.23. The van der Waals surface area contributed by atoms with Gasteiger partial charge in [0, 0.05) is 23.7 Å². The van der Waals surface area contributed by atoms with Gasteiger partial charge in [0.15, 0.2) is 0 Å². The van der Waals surface area contributed by atoms with E-state index in [0.29, 0.717) is 24.7 Å². The number of halogens is 4. The van der Waals surface area contributed by atoms with Crippen molar-refractivity contribution >= 4 is 17.5 Å². The van der Waals surface area contributed by atoms with Crippen LogP contribution in [0.4, 0.5) is 13.2 Å². The molecule has 3 nitrogen and oxygen atoms in total. The third-order valence-electron chi connectivity index (χ3n) is 4.50. The zero-order valence-corrected chi connectivity index (χ0v) is 15.3. The van der Waals surface area contributed by atoms with Crippen molar-refractivity contribution in [2.75, 3.05) is 13.1 Å². The molecule has 3 rings (SSSR count). The molecule has 1 heterocycles. The van der Waals surface area contributed by atoms with Crippen LogP contribution in [0.1, 0.15) is 34.3 Å². The minimum absolute atomic E-state index is 0.115. The fourth-order valence-electron chi connectivity index (χ4n) is 3.08. The molecule has 0 bridgehead atoms. The Kier molecular flexibility index (Phi) is 6.07. The van der Waals surface area contributed by atoms with Gasteiger partial charge in [0.2, 0.25) is 0 Å². The molecular weight excluding hydrogens is 379 g/mol. The van der Waals surface area contributed by atoms with Gasteiger partial charge in [0.1, 0.15) is 0 Å². The lowest BCUT2D eigenvalue weighted by atomic mass is 10.1. The summed E-state index contributed by atoms with van der Waals surface area (Å²) in [6.45, 7) is 1.38. The van der Waals surface area contributed by atoms with E-state index in [9.17, 15) is 18.0 Å². The van der Waals surface area contributed by atoms with E-state index >= 15 is 0 Å². The second kappa shape index (κ2) is 8.31. The number of hydrogen-bond acceptors (Lipinski definition) is 2. The third-order valence-corrected chi connectivity index (χ3v) is 4.73. The average Bonchev–Trinajstić information content (AvgIpc) is 2.65. The molecule has 0 aromatic heterocycles. The summed E-state index contributed by atoms with van der Waals surface area (Å²) in [7, 11) is 0. The number of nitrogens with zero attached hydrogens (tertiary/aromatic N) is 1. The Bertz CT molecular complexity index is 793. The predicted molar refractivity (Wildman–Crippen MR) is 96.6 cm³/mol. The van der Waals surface area contributed by atoms with Crippen molar-refractivity contribution in [2.24, 2.45) is 0 Å². The molecule has 0 spiro atoms. The molecule has 1 aliphatic rings. The van der Waals surface area contributed by atoms with Gasteiger partial charge in [-0.1, -0.05) is 23.7 Å². The van der Waals surface area contributed by atoms with Crippen LogP contribution in [-0.2, 0) is 17.5 Å². The van der Waals surface area contributed by atoms with Crippen LogP contribution in [0, 0.1) is 0 Å². The van der Waals surface area contributed by atoms with E-state index in [4.69, 9.17) is 16.3 Å². The van der Waals surface area contributed by atoms with Gasteiger partial charge in [-0.25, -0.2) is 0 Å². The summed E-state index contributed by atoms with van der Waals surface area (Å²) in [6, 6.07) is 11.7. The fourth-order valence-corrected chi connectivity index (χ4v) is 3.30. The minimum atomic E-state index is -4.41. The number of ether oxygens (including phenoxy) is 1. The Morgan fingerprint density at radius 2 is 1.93 bits per heavy atom. The Morgan fingerprint density at radius 1 is 1.19 bits per heavy atom. The largest absolute Gasteiger partial charge is 0.416 e. The van der Waals surface area contributed by atoms with E-state index in [2.05, 4.69) is 0 Å². The molecule has 1 fully saturated rings. The molecule has 1 saturated heterocycles. The highest BCUT2D eigenvalue weighted by Crippen LogP contribution is 2.29. The molecule has 7 heteroatoms. The molecule has 144 valence electrons. The van der Waals surface area contributed by atoms with Gasteiger partial charge in [-0.2, -0.15) is 13.2 Å². The number of piperidine rings is 1. The predicted octanol–water partition coefficient (Wildman–Crippen LogP) is 5.18. The van der Waals surface area contributed by atoms with E-state index < -0.39 is 11.7 Å². The molecule has 0 saturated carbocycles. The normalized spacial score (nSPS) is 17.8. The number of rotatable bonds is 4. The van der Waals surface area contributed by atoms with Crippen molar-refractivity contribution in [1.82, 2.24) is 4.90 Å². The van der Waals surface area contributed by atoms with Gasteiger partial charge < -0.3 is 9.64 Å². The van der Waals surface area contributed by atoms with Crippen LogP contribution in [0.5, 0.6) is 0 Å². The van der Waals surface area contributed by atoms with Crippen LogP contribution >= 0.6 is 11.6 Å². The SMILES string of the molecule is O=C(c1ccc(C(F)(F)F)cc1)N1CCCC(OCc2cccc(Cl)c2)C1. The van der Waals surface area contributed by atoms with E-state index in [-0.39, 0.29) is 17.6 Å². The minimum Gasteiger partial charge on any atom is -0.372 e. The van der Waals surface area contributed by atoms with Crippen LogP contribution in [0.25, 0.3) is 0 Å². The summed E-state index contributed by atoms with van der Waals surface area (Å²) in [5.74, 6) is -0.278. The van der Waals surface area contributed by atoms with E-state index in [1.165, 1.54) is 12.1 Å². The molecule has 1 amide bonds. The van der Waals surface area contributed by atoms with Crippen LogP contribution in [0.3, 0.4) is 0 Å². The maximum Gasteiger partial charge on any atom is 0.416 e. The van der Waals surface area contributed by atoms with Crippen molar-refractivity contribution in [1.29, 1.82) is 0 Å². The Labute approximate surface area is 160 Å². The van der Waals surface area contributed by atoms with Crippen molar-refractivity contribution in [2.45, 2.75) is 31.7 Å². The summed E-state index contributed by atoms with van der Waals surface area (Å²) in [5.41, 5.74) is 0.438. The van der Waals surface area contributed by atoms with E-state index in [1.807, 2.05) is 18.2 Å². The summed E-state index contributed by atoms with van der Waals surface area (Å²) in [6.07, 6.45) is -2.91. The zero-order chi connectivity index (χ0) is 19.4. The van der Waals surface area contributed by atoms with Crippen molar-refractivity contribution in [3.63, 3.8) is 0 Å². The van der Waals surface area contributed by atoms with Crippen LogP contribution in [0.2, 0.25) is 5.02 Å². The average molecular weight is 398 g/mol. The summed E-state index contributed by atoms with van der Waals surface area (Å²) in [5, 5.41) is 0.638. The first-order valence-electron chi connectivity index (χ1n) is 8.65. The second-order valence-electron chi connectivity index (χ2n) is 6.53. The first kappa shape index (κ1) is 19.7. The molecule has 0 aliphatic carbocycles. The Balaban J connectivity index is 1.59. The highest BCUT2D eigenvalue weighted by molar-refractivity contribution is 6.30. The van der Waals surface area contributed by atoms with Gasteiger partial charge in [0.05, 0.1) is 18.3 Å². The molecule has 2 aromatic carbocycles. The smallest absolute Gasteiger partial charge is 0.372 e. The van der Waals surface area contributed by atoms with Gasteiger partial charge in [0.25, 0.3) is 5.91 Å². The van der Waals surface area contributed by atoms with Crippen molar-refractivity contribution in [3.05, 3.63) is 70.2 Å². The molecular formula is C20H19ClF3NO2. The molecule has 1 aliphatic heterocycles. The van der Waals surface area contributed by atoms with Crippen molar-refractivity contribution in [3.8, 4) is 0 Å². The lowest BCUT2D eigenvalue weighted by molar-refractivity contribution is -0.137. The number of likely N-dealkylation sites (tertiary alicyclic amines) is 1. The van der Waals surface area contributed by atoms with Gasteiger partial charge in [-0.15, -0.1) is 0 Å². The lowest BCUT2D eigenvalue weighted by Crippen LogP contribution is -2.43. The number of alkyl halides is 3. The topological polar surface area (TPSA) is 29.5 Å². The number of amides is 1. The maximum absolute atomic E-state index is 12.7. The number of benzene rings is 2. The summed E-state index contributed by atoms with van der Waals surface area (Å²) in [4.78, 5) is 14.2. The number of carbonyl (C=O) groups excluding carboxylic acids is 1. The Hall–Kier alpha value is -2.05. The van der Waals surface area contributed by atoms with E-state index in [1.54, 1.807) is 11.0 Å². The van der Waals surface area contributed by atoms with Gasteiger partial charge in [-0.3, -0.25) is 4.79 Å². The number of carbonyl (C=O) groups is 1. The highest BCUT2D eigenvalue weighted by atomic mass is 35.5. The summed E-state index contributed by atoms with van der Waals surface area (Å²) >= 11 is 5.96. The fraction of sp³-hybridized carbons (Fsp3) is 0.350. The second-order valence-corrected chi connectivity index (χ2v) is 6.97. The van der Waals surface area contributed by atoms with Gasteiger partial charge >= 0.3 is 6.18 Å². The van der Waals surface area contributed by atoms with Gasteiger partial charge in [-0.05, 0) is 54.8 Å². The monoisotopic (exact) mass is 397 g/mol. The zero-order valence-electron chi connectivity index (χ0n) is 14.5. The van der Waals surface area contributed by atoms with Crippen LogP contribution in [-0.4, -0.2) is 30.0 Å². The molecule has 1 unspecified atom stereocenters. The molecule has 2 aromatic rings. The molecule has 0 radical (unpaired) electrons. The van der Waals surface area contributed by atoms with Crippen LogP contribution < -0.4 is 0 Å².